The van der Waals surface area contributed by atoms with Gasteiger partial charge in [-0.05, 0) is 19.1 Å². The van der Waals surface area contributed by atoms with E-state index < -0.39 is 5.97 Å². The number of rotatable bonds is 3. The van der Waals surface area contributed by atoms with Crippen LogP contribution in [-0.4, -0.2) is 24.6 Å². The van der Waals surface area contributed by atoms with Crippen molar-refractivity contribution in [3.63, 3.8) is 0 Å². The number of ether oxygens (including phenoxy) is 1. The molecular formula is C13H12Cl2N2O2. The van der Waals surface area contributed by atoms with E-state index in [0.717, 1.165) is 5.39 Å². The van der Waals surface area contributed by atoms with Crippen molar-refractivity contribution in [1.29, 1.82) is 0 Å². The summed E-state index contributed by atoms with van der Waals surface area (Å²) >= 11 is 12.1. The third-order valence-electron chi connectivity index (χ3n) is 2.68. The zero-order chi connectivity index (χ0) is 14.0. The van der Waals surface area contributed by atoms with Gasteiger partial charge in [-0.15, -0.1) is 0 Å². The molecule has 19 heavy (non-hydrogen) atoms. The fraction of sp³-hybridized carbons (Fsp3) is 0.231. The number of pyridine rings is 1. The van der Waals surface area contributed by atoms with Crippen LogP contribution in [0.1, 0.15) is 17.3 Å². The van der Waals surface area contributed by atoms with Crippen molar-refractivity contribution in [1.82, 2.24) is 4.98 Å². The van der Waals surface area contributed by atoms with E-state index in [9.17, 15) is 4.79 Å². The molecule has 0 aliphatic rings. The van der Waals surface area contributed by atoms with Crippen LogP contribution in [0.5, 0.6) is 0 Å². The highest BCUT2D eigenvalue weighted by molar-refractivity contribution is 6.45. The van der Waals surface area contributed by atoms with Crippen LogP contribution in [0.3, 0.4) is 0 Å². The molecule has 0 bridgehead atoms. The van der Waals surface area contributed by atoms with E-state index in [1.54, 1.807) is 26.1 Å². The maximum atomic E-state index is 11.9. The van der Waals surface area contributed by atoms with Gasteiger partial charge in [0.25, 0.3) is 0 Å². The van der Waals surface area contributed by atoms with Crippen molar-refractivity contribution >= 4 is 45.8 Å². The van der Waals surface area contributed by atoms with Crippen molar-refractivity contribution in [2.24, 2.45) is 0 Å². The highest BCUT2D eigenvalue weighted by atomic mass is 35.5. The monoisotopic (exact) mass is 298 g/mol. The van der Waals surface area contributed by atoms with E-state index in [2.05, 4.69) is 10.3 Å². The molecule has 1 aromatic carbocycles. The highest BCUT2D eigenvalue weighted by Gasteiger charge is 2.17. The van der Waals surface area contributed by atoms with Crippen molar-refractivity contribution in [2.45, 2.75) is 6.92 Å². The first-order chi connectivity index (χ1) is 9.10. The Balaban J connectivity index is 2.70. The maximum absolute atomic E-state index is 11.9. The number of anilines is 1. The predicted octanol–water partition coefficient (Wildman–Crippen LogP) is 3.76. The van der Waals surface area contributed by atoms with E-state index in [1.807, 2.05) is 0 Å². The van der Waals surface area contributed by atoms with Gasteiger partial charge in [0.15, 0.2) is 0 Å². The molecule has 2 aromatic rings. The Morgan fingerprint density at radius 2 is 2.16 bits per heavy atom. The van der Waals surface area contributed by atoms with Gasteiger partial charge in [-0.1, -0.05) is 23.2 Å². The fourth-order valence-corrected chi connectivity index (χ4v) is 2.21. The lowest BCUT2D eigenvalue weighted by molar-refractivity contribution is 0.0527. The molecule has 0 unspecified atom stereocenters. The molecule has 0 amide bonds. The van der Waals surface area contributed by atoms with E-state index in [4.69, 9.17) is 27.9 Å². The molecule has 0 aliphatic carbocycles. The Bertz CT molecular complexity index is 644. The molecule has 1 aromatic heterocycles. The molecule has 0 spiro atoms. The van der Waals surface area contributed by atoms with Crippen molar-refractivity contribution in [2.75, 3.05) is 19.0 Å². The molecule has 2 rings (SSSR count). The quantitative estimate of drug-likeness (QED) is 0.877. The van der Waals surface area contributed by atoms with Crippen LogP contribution in [-0.2, 0) is 4.74 Å². The Hall–Kier alpha value is -1.52. The standard InChI is InChI=1S/C13H12Cl2N2O2/c1-3-19-13(18)8-6-17-12-7(11(8)16-2)4-5-9(14)10(12)15/h4-6H,3H2,1-2H3,(H,16,17). The molecule has 6 heteroatoms. The summed E-state index contributed by atoms with van der Waals surface area (Å²) in [5.74, 6) is -0.424. The van der Waals surface area contributed by atoms with Crippen molar-refractivity contribution in [3.05, 3.63) is 33.9 Å². The molecule has 1 heterocycles. The maximum Gasteiger partial charge on any atom is 0.341 e. The van der Waals surface area contributed by atoms with Crippen LogP contribution in [0.25, 0.3) is 10.9 Å². The molecule has 4 nitrogen and oxygen atoms in total. The van der Waals surface area contributed by atoms with E-state index in [1.165, 1.54) is 6.20 Å². The number of carbonyl (C=O) groups is 1. The summed E-state index contributed by atoms with van der Waals surface area (Å²) in [5.41, 5.74) is 1.55. The highest BCUT2D eigenvalue weighted by Crippen LogP contribution is 2.34. The minimum Gasteiger partial charge on any atom is -0.462 e. The van der Waals surface area contributed by atoms with Gasteiger partial charge in [0.05, 0.1) is 27.9 Å². The van der Waals surface area contributed by atoms with E-state index >= 15 is 0 Å². The Morgan fingerprint density at radius 1 is 1.42 bits per heavy atom. The Labute approximate surface area is 120 Å². The van der Waals surface area contributed by atoms with Gasteiger partial charge >= 0.3 is 5.97 Å². The summed E-state index contributed by atoms with van der Waals surface area (Å²) in [4.78, 5) is 16.1. The normalized spacial score (nSPS) is 10.5. The van der Waals surface area contributed by atoms with Crippen molar-refractivity contribution in [3.8, 4) is 0 Å². The number of hydrogen-bond donors (Lipinski definition) is 1. The first kappa shape index (κ1) is 13.9. The SMILES string of the molecule is CCOC(=O)c1cnc2c(Cl)c(Cl)ccc2c1NC. The average Bonchev–Trinajstić information content (AvgIpc) is 2.41. The second kappa shape index (κ2) is 5.63. The summed E-state index contributed by atoms with van der Waals surface area (Å²) in [6.07, 6.45) is 1.44. The number of nitrogens with zero attached hydrogens (tertiary/aromatic N) is 1. The zero-order valence-corrected chi connectivity index (χ0v) is 12.0. The Morgan fingerprint density at radius 3 is 2.79 bits per heavy atom. The number of carbonyl (C=O) groups excluding carboxylic acids is 1. The Kier molecular flexibility index (Phi) is 4.12. The lowest BCUT2D eigenvalue weighted by Crippen LogP contribution is -2.09. The van der Waals surface area contributed by atoms with Gasteiger partial charge in [0.1, 0.15) is 5.56 Å². The molecule has 1 N–H and O–H groups in total. The second-order valence-corrected chi connectivity index (χ2v) is 4.56. The van der Waals surface area contributed by atoms with Crippen LogP contribution in [0.4, 0.5) is 5.69 Å². The van der Waals surface area contributed by atoms with E-state index in [0.29, 0.717) is 33.4 Å². The third kappa shape index (κ3) is 2.46. The number of aromatic nitrogens is 1. The lowest BCUT2D eigenvalue weighted by Gasteiger charge is -2.12. The number of benzene rings is 1. The number of fused-ring (bicyclic) bond motifs is 1. The van der Waals surface area contributed by atoms with Gasteiger partial charge in [-0.3, -0.25) is 4.98 Å². The molecule has 0 fully saturated rings. The average molecular weight is 299 g/mol. The molecule has 0 atom stereocenters. The van der Waals surface area contributed by atoms with Crippen LogP contribution in [0.15, 0.2) is 18.3 Å². The summed E-state index contributed by atoms with van der Waals surface area (Å²) in [6, 6.07) is 3.44. The largest absolute Gasteiger partial charge is 0.462 e. The van der Waals surface area contributed by atoms with Gasteiger partial charge in [0.2, 0.25) is 0 Å². The topological polar surface area (TPSA) is 51.2 Å². The second-order valence-electron chi connectivity index (χ2n) is 3.77. The molecule has 0 saturated carbocycles. The minimum atomic E-state index is -0.424. The minimum absolute atomic E-state index is 0.307. The van der Waals surface area contributed by atoms with E-state index in [-0.39, 0.29) is 0 Å². The first-order valence-corrected chi connectivity index (χ1v) is 6.47. The smallest absolute Gasteiger partial charge is 0.341 e. The van der Waals surface area contributed by atoms with Gasteiger partial charge in [-0.25, -0.2) is 4.79 Å². The van der Waals surface area contributed by atoms with Crippen LogP contribution in [0.2, 0.25) is 10.0 Å². The van der Waals surface area contributed by atoms with Gasteiger partial charge in [0, 0.05) is 18.6 Å². The molecule has 0 saturated heterocycles. The van der Waals surface area contributed by atoms with Gasteiger partial charge < -0.3 is 10.1 Å². The number of hydrogen-bond acceptors (Lipinski definition) is 4. The lowest BCUT2D eigenvalue weighted by atomic mass is 10.1. The predicted molar refractivity (Wildman–Crippen MR) is 77.3 cm³/mol. The molecule has 100 valence electrons. The molecule has 0 aliphatic heterocycles. The molecule has 0 radical (unpaired) electrons. The first-order valence-electron chi connectivity index (χ1n) is 5.71. The third-order valence-corrected chi connectivity index (χ3v) is 3.47. The number of esters is 1. The van der Waals surface area contributed by atoms with Crippen molar-refractivity contribution < 1.29 is 9.53 Å². The summed E-state index contributed by atoms with van der Waals surface area (Å²) in [6.45, 7) is 2.06. The number of nitrogens with one attached hydrogen (secondary N) is 1. The van der Waals surface area contributed by atoms with Crippen LogP contribution in [0, 0.1) is 0 Å². The fourth-order valence-electron chi connectivity index (χ4n) is 1.84. The summed E-state index contributed by atoms with van der Waals surface area (Å²) in [5, 5.41) is 4.50. The molecular weight excluding hydrogens is 287 g/mol. The van der Waals surface area contributed by atoms with Gasteiger partial charge in [-0.2, -0.15) is 0 Å². The van der Waals surface area contributed by atoms with Crippen LogP contribution >= 0.6 is 23.2 Å². The summed E-state index contributed by atoms with van der Waals surface area (Å²) < 4.78 is 5.00. The van der Waals surface area contributed by atoms with Crippen LogP contribution < -0.4 is 5.32 Å². The summed E-state index contributed by atoms with van der Waals surface area (Å²) in [7, 11) is 1.72. The number of halogens is 2. The zero-order valence-electron chi connectivity index (χ0n) is 10.5.